The lowest BCUT2D eigenvalue weighted by Crippen LogP contribution is -2.22. The molecule has 1 aromatic heterocycles. The number of ether oxygens (including phenoxy) is 1. The summed E-state index contributed by atoms with van der Waals surface area (Å²) in [5, 5.41) is 7.68. The molecule has 108 valence electrons. The van der Waals surface area contributed by atoms with Gasteiger partial charge in [0.1, 0.15) is 5.75 Å². The number of hydrogen-bond donors (Lipinski definition) is 1. The minimum Gasteiger partial charge on any atom is -0.497 e. The summed E-state index contributed by atoms with van der Waals surface area (Å²) < 4.78 is 9.35. The zero-order valence-electron chi connectivity index (χ0n) is 12.6. The Labute approximate surface area is 124 Å². The van der Waals surface area contributed by atoms with Crippen molar-refractivity contribution in [2.75, 3.05) is 14.2 Å². The predicted octanol–water partition coefficient (Wildman–Crippen LogP) is 3.15. The minimum absolute atomic E-state index is 0.0100. The first-order chi connectivity index (χ1) is 9.47. The van der Waals surface area contributed by atoms with Gasteiger partial charge in [0.05, 0.1) is 23.7 Å². The summed E-state index contributed by atoms with van der Waals surface area (Å²) in [4.78, 5) is 1.17. The van der Waals surface area contributed by atoms with E-state index in [4.69, 9.17) is 4.74 Å². The Morgan fingerprint density at radius 2 is 1.85 bits per heavy atom. The molecule has 0 aliphatic heterocycles. The van der Waals surface area contributed by atoms with E-state index in [1.54, 1.807) is 7.11 Å². The molecule has 20 heavy (non-hydrogen) atoms. The van der Waals surface area contributed by atoms with Crippen LogP contribution in [0.5, 0.6) is 5.75 Å². The number of rotatable bonds is 4. The molecule has 1 atom stereocenters. The van der Waals surface area contributed by atoms with Crippen molar-refractivity contribution in [2.24, 2.45) is 0 Å². The average molecular weight is 291 g/mol. The Morgan fingerprint density at radius 1 is 1.20 bits per heavy atom. The van der Waals surface area contributed by atoms with Crippen LogP contribution >= 0.6 is 11.5 Å². The summed E-state index contributed by atoms with van der Waals surface area (Å²) in [6.45, 7) is 6.48. The number of hydrogen-bond acceptors (Lipinski definition) is 5. The van der Waals surface area contributed by atoms with Crippen LogP contribution in [0.3, 0.4) is 0 Å². The summed E-state index contributed by atoms with van der Waals surface area (Å²) in [7, 11) is 3.64. The molecule has 1 unspecified atom stereocenters. The standard InChI is InChI=1S/C15H21N3OS/c1-15(2,3)14-13(20-18-17-14)12(16-4)10-6-8-11(19-5)9-7-10/h6-9,12,16H,1-5H3. The third-order valence-corrected chi connectivity index (χ3v) is 4.01. The van der Waals surface area contributed by atoms with E-state index in [-0.39, 0.29) is 11.5 Å². The quantitative estimate of drug-likeness (QED) is 0.940. The van der Waals surface area contributed by atoms with Crippen LogP contribution in [-0.4, -0.2) is 23.7 Å². The average Bonchev–Trinajstić information content (AvgIpc) is 2.90. The number of benzene rings is 1. The lowest BCUT2D eigenvalue weighted by Gasteiger charge is -2.22. The summed E-state index contributed by atoms with van der Waals surface area (Å²) in [6.07, 6.45) is 0. The number of methoxy groups -OCH3 is 1. The largest absolute Gasteiger partial charge is 0.497 e. The molecule has 0 saturated heterocycles. The molecule has 0 bridgehead atoms. The van der Waals surface area contributed by atoms with Crippen LogP contribution in [0.25, 0.3) is 0 Å². The molecule has 0 amide bonds. The molecular weight excluding hydrogens is 270 g/mol. The lowest BCUT2D eigenvalue weighted by atomic mass is 9.89. The third kappa shape index (κ3) is 2.99. The van der Waals surface area contributed by atoms with Crippen molar-refractivity contribution in [1.82, 2.24) is 14.9 Å². The maximum Gasteiger partial charge on any atom is 0.118 e. The second kappa shape index (κ2) is 5.89. The van der Waals surface area contributed by atoms with Crippen molar-refractivity contribution in [1.29, 1.82) is 0 Å². The van der Waals surface area contributed by atoms with Crippen LogP contribution in [0.1, 0.15) is 42.9 Å². The summed E-state index contributed by atoms with van der Waals surface area (Å²) in [6, 6.07) is 8.21. The van der Waals surface area contributed by atoms with Gasteiger partial charge in [0.15, 0.2) is 0 Å². The van der Waals surface area contributed by atoms with Crippen LogP contribution in [0.15, 0.2) is 24.3 Å². The SMILES string of the molecule is CNC(c1ccc(OC)cc1)c1snnc1C(C)(C)C. The topological polar surface area (TPSA) is 47.0 Å². The Morgan fingerprint density at radius 3 is 2.35 bits per heavy atom. The van der Waals surface area contributed by atoms with Gasteiger partial charge in [-0.2, -0.15) is 0 Å². The Balaban J connectivity index is 2.39. The maximum atomic E-state index is 5.21. The van der Waals surface area contributed by atoms with Gasteiger partial charge in [-0.1, -0.05) is 37.4 Å². The first-order valence-corrected chi connectivity index (χ1v) is 7.38. The zero-order valence-corrected chi connectivity index (χ0v) is 13.4. The summed E-state index contributed by atoms with van der Waals surface area (Å²) in [5.74, 6) is 0.863. The van der Waals surface area contributed by atoms with E-state index in [9.17, 15) is 0 Å². The van der Waals surface area contributed by atoms with Crippen LogP contribution in [0.2, 0.25) is 0 Å². The van der Waals surface area contributed by atoms with Crippen LogP contribution < -0.4 is 10.1 Å². The Bertz CT molecular complexity index is 557. The molecule has 1 heterocycles. The van der Waals surface area contributed by atoms with E-state index in [1.165, 1.54) is 22.0 Å². The fourth-order valence-electron chi connectivity index (χ4n) is 2.15. The molecule has 0 saturated carbocycles. The molecular formula is C15H21N3OS. The van der Waals surface area contributed by atoms with Gasteiger partial charge in [-0.15, -0.1) is 5.10 Å². The van der Waals surface area contributed by atoms with Crippen molar-refractivity contribution in [3.8, 4) is 5.75 Å². The molecule has 0 aliphatic rings. The first kappa shape index (κ1) is 14.9. The van der Waals surface area contributed by atoms with E-state index in [2.05, 4.69) is 47.8 Å². The predicted molar refractivity (Wildman–Crippen MR) is 82.5 cm³/mol. The van der Waals surface area contributed by atoms with Gasteiger partial charge < -0.3 is 10.1 Å². The van der Waals surface area contributed by atoms with Gasteiger partial charge in [-0.05, 0) is 36.3 Å². The van der Waals surface area contributed by atoms with Gasteiger partial charge in [0.25, 0.3) is 0 Å². The Hall–Kier alpha value is -1.46. The highest BCUT2D eigenvalue weighted by atomic mass is 32.1. The van der Waals surface area contributed by atoms with Crippen molar-refractivity contribution >= 4 is 11.5 Å². The van der Waals surface area contributed by atoms with E-state index < -0.39 is 0 Å². The van der Waals surface area contributed by atoms with Gasteiger partial charge >= 0.3 is 0 Å². The fourth-order valence-corrected chi connectivity index (χ4v) is 3.16. The Kier molecular flexibility index (Phi) is 4.40. The minimum atomic E-state index is -0.0100. The van der Waals surface area contributed by atoms with Crippen molar-refractivity contribution in [2.45, 2.75) is 32.2 Å². The third-order valence-electron chi connectivity index (χ3n) is 3.22. The maximum absolute atomic E-state index is 5.21. The van der Waals surface area contributed by atoms with E-state index in [0.717, 1.165) is 11.4 Å². The van der Waals surface area contributed by atoms with Gasteiger partial charge in [0, 0.05) is 5.41 Å². The number of aromatic nitrogens is 2. The molecule has 0 radical (unpaired) electrons. The molecule has 0 spiro atoms. The van der Waals surface area contributed by atoms with Gasteiger partial charge in [-0.25, -0.2) is 0 Å². The van der Waals surface area contributed by atoms with E-state index in [0.29, 0.717) is 0 Å². The molecule has 1 N–H and O–H groups in total. The fraction of sp³-hybridized carbons (Fsp3) is 0.467. The summed E-state index contributed by atoms with van der Waals surface area (Å²) in [5.41, 5.74) is 2.23. The highest BCUT2D eigenvalue weighted by Crippen LogP contribution is 2.33. The second-order valence-corrected chi connectivity index (χ2v) is 6.52. The summed E-state index contributed by atoms with van der Waals surface area (Å²) >= 11 is 1.46. The smallest absolute Gasteiger partial charge is 0.118 e. The van der Waals surface area contributed by atoms with Crippen LogP contribution in [0.4, 0.5) is 0 Å². The molecule has 1 aromatic carbocycles. The molecule has 5 heteroatoms. The number of nitrogens with zero attached hydrogens (tertiary/aromatic N) is 2. The molecule has 0 aliphatic carbocycles. The van der Waals surface area contributed by atoms with E-state index >= 15 is 0 Å². The van der Waals surface area contributed by atoms with Gasteiger partial charge in [0.2, 0.25) is 0 Å². The molecule has 2 rings (SSSR count). The van der Waals surface area contributed by atoms with E-state index in [1.807, 2.05) is 19.2 Å². The van der Waals surface area contributed by atoms with Crippen LogP contribution in [-0.2, 0) is 5.41 Å². The molecule has 4 nitrogen and oxygen atoms in total. The highest BCUT2D eigenvalue weighted by molar-refractivity contribution is 7.05. The van der Waals surface area contributed by atoms with Crippen molar-refractivity contribution in [3.63, 3.8) is 0 Å². The number of nitrogens with one attached hydrogen (secondary N) is 1. The highest BCUT2D eigenvalue weighted by Gasteiger charge is 2.27. The zero-order chi connectivity index (χ0) is 14.8. The second-order valence-electron chi connectivity index (χ2n) is 5.73. The first-order valence-electron chi connectivity index (χ1n) is 6.61. The monoisotopic (exact) mass is 291 g/mol. The lowest BCUT2D eigenvalue weighted by molar-refractivity contribution is 0.414. The van der Waals surface area contributed by atoms with Crippen molar-refractivity contribution < 1.29 is 4.74 Å². The normalized spacial score (nSPS) is 13.2. The molecule has 0 fully saturated rings. The van der Waals surface area contributed by atoms with Crippen LogP contribution in [0, 0.1) is 0 Å². The van der Waals surface area contributed by atoms with Gasteiger partial charge in [-0.3, -0.25) is 0 Å². The van der Waals surface area contributed by atoms with Crippen molar-refractivity contribution in [3.05, 3.63) is 40.4 Å². The molecule has 2 aromatic rings.